The van der Waals surface area contributed by atoms with Gasteiger partial charge < -0.3 is 4.74 Å². The van der Waals surface area contributed by atoms with Gasteiger partial charge in [0, 0.05) is 11.1 Å². The molecule has 2 rings (SSSR count). The number of rotatable bonds is 3. The van der Waals surface area contributed by atoms with Crippen LogP contribution in [0.4, 0.5) is 5.82 Å². The van der Waals surface area contributed by atoms with Crippen LogP contribution in [0.15, 0.2) is 36.4 Å². The maximum atomic E-state index is 12.2. The molecule has 0 unspecified atom stereocenters. The Bertz CT molecular complexity index is 614. The first-order valence-electron chi connectivity index (χ1n) is 5.74. The Morgan fingerprint density at radius 2 is 2.11 bits per heavy atom. The second-order valence-electron chi connectivity index (χ2n) is 4.05. The molecule has 0 fully saturated rings. The van der Waals surface area contributed by atoms with Gasteiger partial charge in [-0.3, -0.25) is 0 Å². The smallest absolute Gasteiger partial charge is 0.342 e. The van der Waals surface area contributed by atoms with Crippen molar-refractivity contribution < 1.29 is 14.5 Å². The summed E-state index contributed by atoms with van der Waals surface area (Å²) in [5.74, 6) is 0.822. The number of methoxy groups -OCH3 is 1. The molecular weight excluding hydrogens is 264 g/mol. The highest BCUT2D eigenvalue weighted by atomic mass is 35.5. The lowest BCUT2D eigenvalue weighted by atomic mass is 10.2. The second kappa shape index (κ2) is 5.71. The number of amides is 1. The summed E-state index contributed by atoms with van der Waals surface area (Å²) in [5, 5.41) is 3.25. The molecule has 1 aromatic heterocycles. The molecule has 5 heteroatoms. The number of hydrogen-bond acceptors (Lipinski definition) is 2. The molecule has 0 radical (unpaired) electrons. The van der Waals surface area contributed by atoms with Gasteiger partial charge in [0.1, 0.15) is 11.3 Å². The number of benzene rings is 1. The van der Waals surface area contributed by atoms with Crippen LogP contribution in [0.1, 0.15) is 16.1 Å². The van der Waals surface area contributed by atoms with E-state index in [1.807, 2.05) is 19.1 Å². The van der Waals surface area contributed by atoms with Crippen LogP contribution in [0.5, 0.6) is 5.75 Å². The Morgan fingerprint density at radius 3 is 2.79 bits per heavy atom. The fourth-order valence-electron chi connectivity index (χ4n) is 1.70. The van der Waals surface area contributed by atoms with Gasteiger partial charge in [-0.25, -0.2) is 15.1 Å². The SMILES string of the molecule is COc1ccc(Cl)cc1C(=O)Nc1cccc(C)[nH+]1. The Hall–Kier alpha value is -2.07. The van der Waals surface area contributed by atoms with Gasteiger partial charge in [-0.05, 0) is 31.2 Å². The zero-order chi connectivity index (χ0) is 13.8. The van der Waals surface area contributed by atoms with Gasteiger partial charge in [-0.15, -0.1) is 0 Å². The first-order valence-corrected chi connectivity index (χ1v) is 6.12. The summed E-state index contributed by atoms with van der Waals surface area (Å²) in [7, 11) is 1.51. The van der Waals surface area contributed by atoms with E-state index >= 15 is 0 Å². The summed E-state index contributed by atoms with van der Waals surface area (Å²) in [6, 6.07) is 10.5. The highest BCUT2D eigenvalue weighted by molar-refractivity contribution is 6.31. The van der Waals surface area contributed by atoms with Crippen molar-refractivity contribution in [2.24, 2.45) is 0 Å². The Balaban J connectivity index is 2.27. The average molecular weight is 278 g/mol. The van der Waals surface area contributed by atoms with Crippen molar-refractivity contribution in [1.29, 1.82) is 0 Å². The third-order valence-electron chi connectivity index (χ3n) is 2.60. The second-order valence-corrected chi connectivity index (χ2v) is 4.48. The number of nitrogens with one attached hydrogen (secondary N) is 2. The number of aryl methyl sites for hydroxylation is 1. The molecule has 0 saturated carbocycles. The van der Waals surface area contributed by atoms with Crippen molar-refractivity contribution in [3.63, 3.8) is 0 Å². The largest absolute Gasteiger partial charge is 0.496 e. The predicted octanol–water partition coefficient (Wildman–Crippen LogP) is 2.72. The third kappa shape index (κ3) is 3.23. The number of pyridine rings is 1. The minimum absolute atomic E-state index is 0.277. The Labute approximate surface area is 116 Å². The third-order valence-corrected chi connectivity index (χ3v) is 2.83. The molecule has 0 aliphatic carbocycles. The zero-order valence-corrected chi connectivity index (χ0v) is 11.4. The summed E-state index contributed by atoms with van der Waals surface area (Å²) in [5.41, 5.74) is 1.35. The van der Waals surface area contributed by atoms with Gasteiger partial charge in [-0.2, -0.15) is 0 Å². The molecule has 0 spiro atoms. The molecule has 0 atom stereocenters. The first-order chi connectivity index (χ1) is 9.10. The highest BCUT2D eigenvalue weighted by Gasteiger charge is 2.18. The van der Waals surface area contributed by atoms with Gasteiger partial charge in [0.25, 0.3) is 5.82 Å². The number of aromatic amines is 1. The molecule has 2 aromatic rings. The van der Waals surface area contributed by atoms with Crippen LogP contribution < -0.4 is 15.0 Å². The van der Waals surface area contributed by atoms with Crippen LogP contribution in [0, 0.1) is 6.92 Å². The van der Waals surface area contributed by atoms with E-state index in [0.717, 1.165) is 5.69 Å². The van der Waals surface area contributed by atoms with E-state index in [0.29, 0.717) is 22.2 Å². The molecule has 0 bridgehead atoms. The molecule has 1 heterocycles. The zero-order valence-electron chi connectivity index (χ0n) is 10.7. The molecule has 98 valence electrons. The summed E-state index contributed by atoms with van der Waals surface area (Å²) in [6.45, 7) is 1.91. The van der Waals surface area contributed by atoms with Crippen molar-refractivity contribution in [2.45, 2.75) is 6.92 Å². The molecule has 1 aromatic carbocycles. The van der Waals surface area contributed by atoms with E-state index < -0.39 is 0 Å². The standard InChI is InChI=1S/C14H13ClN2O2/c1-9-4-3-5-13(16-9)17-14(18)11-8-10(15)6-7-12(11)19-2/h3-8H,1-2H3,(H,16,17,18)/p+1. The predicted molar refractivity (Wildman–Crippen MR) is 73.7 cm³/mol. The number of ether oxygens (including phenoxy) is 1. The van der Waals surface area contributed by atoms with E-state index in [-0.39, 0.29) is 5.91 Å². The molecule has 1 amide bonds. The number of halogens is 1. The number of aromatic nitrogens is 1. The molecule has 0 saturated heterocycles. The minimum atomic E-state index is -0.277. The quantitative estimate of drug-likeness (QED) is 0.938. The van der Waals surface area contributed by atoms with Crippen molar-refractivity contribution in [3.8, 4) is 5.75 Å². The van der Waals surface area contributed by atoms with Gasteiger partial charge in [0.15, 0.2) is 0 Å². The molecule has 2 N–H and O–H groups in total. The molecule has 19 heavy (non-hydrogen) atoms. The van der Waals surface area contributed by atoms with Crippen molar-refractivity contribution in [3.05, 3.63) is 52.7 Å². The maximum Gasteiger partial charge on any atom is 0.342 e. The number of H-pyrrole nitrogens is 1. The topological polar surface area (TPSA) is 52.5 Å². The fraction of sp³-hybridized carbons (Fsp3) is 0.143. The van der Waals surface area contributed by atoms with E-state index in [1.165, 1.54) is 7.11 Å². The lowest BCUT2D eigenvalue weighted by Gasteiger charge is -2.06. The van der Waals surface area contributed by atoms with E-state index in [1.54, 1.807) is 24.3 Å². The first kappa shape index (κ1) is 13.4. The van der Waals surface area contributed by atoms with E-state index in [2.05, 4.69) is 10.3 Å². The average Bonchev–Trinajstić information content (AvgIpc) is 2.38. The van der Waals surface area contributed by atoms with Crippen LogP contribution in [0.3, 0.4) is 0 Å². The number of hydrogen-bond donors (Lipinski definition) is 1. The number of carbonyl (C=O) groups excluding carboxylic acids is 1. The summed E-state index contributed by atoms with van der Waals surface area (Å²) >= 11 is 5.90. The van der Waals surface area contributed by atoms with Crippen molar-refractivity contribution in [1.82, 2.24) is 0 Å². The lowest BCUT2D eigenvalue weighted by Crippen LogP contribution is -2.21. The van der Waals surface area contributed by atoms with Crippen molar-refractivity contribution in [2.75, 3.05) is 12.4 Å². The maximum absolute atomic E-state index is 12.2. The lowest BCUT2D eigenvalue weighted by molar-refractivity contribution is -0.370. The Morgan fingerprint density at radius 1 is 1.32 bits per heavy atom. The van der Waals surface area contributed by atoms with Gasteiger partial charge in [-0.1, -0.05) is 17.7 Å². The van der Waals surface area contributed by atoms with E-state index in [4.69, 9.17) is 16.3 Å². The van der Waals surface area contributed by atoms with Crippen LogP contribution in [0.25, 0.3) is 0 Å². The van der Waals surface area contributed by atoms with Gasteiger partial charge in [0.05, 0.1) is 12.8 Å². The van der Waals surface area contributed by atoms with Gasteiger partial charge in [0.2, 0.25) is 0 Å². The summed E-state index contributed by atoms with van der Waals surface area (Å²) in [6.07, 6.45) is 0. The fourth-order valence-corrected chi connectivity index (χ4v) is 1.88. The van der Waals surface area contributed by atoms with Gasteiger partial charge >= 0.3 is 5.91 Å². The minimum Gasteiger partial charge on any atom is -0.496 e. The van der Waals surface area contributed by atoms with Crippen LogP contribution >= 0.6 is 11.6 Å². The van der Waals surface area contributed by atoms with E-state index in [9.17, 15) is 4.79 Å². The number of anilines is 1. The monoisotopic (exact) mass is 277 g/mol. The normalized spacial score (nSPS) is 10.1. The highest BCUT2D eigenvalue weighted by Crippen LogP contribution is 2.23. The summed E-state index contributed by atoms with van der Waals surface area (Å²) in [4.78, 5) is 15.2. The molecule has 4 nitrogen and oxygen atoms in total. The van der Waals surface area contributed by atoms with Crippen LogP contribution in [0.2, 0.25) is 5.02 Å². The molecule has 0 aliphatic rings. The molecule has 0 aliphatic heterocycles. The van der Waals surface area contributed by atoms with Crippen molar-refractivity contribution >= 4 is 23.3 Å². The van der Waals surface area contributed by atoms with Crippen LogP contribution in [-0.4, -0.2) is 13.0 Å². The molecular formula is C14H14ClN2O2+. The Kier molecular flexibility index (Phi) is 4.02. The summed E-state index contributed by atoms with van der Waals surface area (Å²) < 4.78 is 5.15. The van der Waals surface area contributed by atoms with Crippen LogP contribution in [-0.2, 0) is 0 Å². The number of carbonyl (C=O) groups is 1.